The summed E-state index contributed by atoms with van der Waals surface area (Å²) in [5.41, 5.74) is 1.39. The second-order valence-corrected chi connectivity index (χ2v) is 5.90. The second-order valence-electron chi connectivity index (χ2n) is 5.90. The van der Waals surface area contributed by atoms with Crippen molar-refractivity contribution in [3.05, 3.63) is 29.8 Å². The molecule has 0 amide bonds. The van der Waals surface area contributed by atoms with E-state index in [0.29, 0.717) is 6.04 Å². The molecule has 2 rings (SSSR count). The molecule has 0 aliphatic carbocycles. The van der Waals surface area contributed by atoms with Gasteiger partial charge in [-0.05, 0) is 70.4 Å². The molecular formula is C17H28N2O. The zero-order valence-corrected chi connectivity index (χ0v) is 13.1. The Balaban J connectivity index is 1.90. The minimum atomic E-state index is 0.575. The zero-order valence-electron chi connectivity index (χ0n) is 13.1. The number of ether oxygens (including phenoxy) is 1. The van der Waals surface area contributed by atoms with Crippen LogP contribution in [0.4, 0.5) is 0 Å². The topological polar surface area (TPSA) is 24.5 Å². The summed E-state index contributed by atoms with van der Waals surface area (Å²) in [7, 11) is 4.00. The van der Waals surface area contributed by atoms with Crippen molar-refractivity contribution in [3.8, 4) is 5.75 Å². The van der Waals surface area contributed by atoms with Crippen LogP contribution in [0.5, 0.6) is 5.75 Å². The van der Waals surface area contributed by atoms with Gasteiger partial charge in [-0.3, -0.25) is 0 Å². The molecule has 1 aliphatic heterocycles. The van der Waals surface area contributed by atoms with Crippen LogP contribution < -0.4 is 10.1 Å². The SMILES string of the molecule is COc1ccc(CC(C)N(C)C2CCCNCC2)cc1. The number of benzene rings is 1. The first-order valence-corrected chi connectivity index (χ1v) is 7.76. The molecule has 0 aromatic heterocycles. The monoisotopic (exact) mass is 276 g/mol. The van der Waals surface area contributed by atoms with E-state index in [1.54, 1.807) is 7.11 Å². The normalized spacial score (nSPS) is 21.5. The van der Waals surface area contributed by atoms with Gasteiger partial charge < -0.3 is 15.0 Å². The maximum atomic E-state index is 5.21. The van der Waals surface area contributed by atoms with Crippen molar-refractivity contribution >= 4 is 0 Å². The Kier molecular flexibility index (Phi) is 5.86. The number of rotatable bonds is 5. The lowest BCUT2D eigenvalue weighted by molar-refractivity contribution is 0.169. The van der Waals surface area contributed by atoms with E-state index in [9.17, 15) is 0 Å². The molecule has 1 saturated heterocycles. The van der Waals surface area contributed by atoms with Gasteiger partial charge in [0.2, 0.25) is 0 Å². The molecule has 1 fully saturated rings. The Morgan fingerprint density at radius 2 is 2.00 bits per heavy atom. The molecule has 3 heteroatoms. The van der Waals surface area contributed by atoms with Crippen LogP contribution in [0.15, 0.2) is 24.3 Å². The molecule has 0 spiro atoms. The summed E-state index contributed by atoms with van der Waals surface area (Å²) >= 11 is 0. The van der Waals surface area contributed by atoms with Gasteiger partial charge in [0, 0.05) is 12.1 Å². The molecular weight excluding hydrogens is 248 g/mol. The fourth-order valence-corrected chi connectivity index (χ4v) is 3.01. The Bertz CT molecular complexity index is 382. The Morgan fingerprint density at radius 3 is 2.70 bits per heavy atom. The van der Waals surface area contributed by atoms with Crippen molar-refractivity contribution < 1.29 is 4.74 Å². The third-order valence-corrected chi connectivity index (χ3v) is 4.51. The molecule has 2 atom stereocenters. The summed E-state index contributed by atoms with van der Waals surface area (Å²) in [5, 5.41) is 3.49. The van der Waals surface area contributed by atoms with Crippen molar-refractivity contribution in [2.24, 2.45) is 0 Å². The van der Waals surface area contributed by atoms with Crippen LogP contribution in [-0.2, 0) is 6.42 Å². The van der Waals surface area contributed by atoms with E-state index in [0.717, 1.165) is 24.8 Å². The molecule has 1 heterocycles. The maximum absolute atomic E-state index is 5.21. The fourth-order valence-electron chi connectivity index (χ4n) is 3.01. The fraction of sp³-hybridized carbons (Fsp3) is 0.647. The average molecular weight is 276 g/mol. The number of hydrogen-bond donors (Lipinski definition) is 1. The third kappa shape index (κ3) is 4.22. The van der Waals surface area contributed by atoms with Gasteiger partial charge in [-0.2, -0.15) is 0 Å². The zero-order chi connectivity index (χ0) is 14.4. The molecule has 20 heavy (non-hydrogen) atoms. The lowest BCUT2D eigenvalue weighted by Gasteiger charge is -2.32. The van der Waals surface area contributed by atoms with Crippen LogP contribution >= 0.6 is 0 Å². The van der Waals surface area contributed by atoms with Crippen LogP contribution in [0.1, 0.15) is 31.7 Å². The number of nitrogens with one attached hydrogen (secondary N) is 1. The Morgan fingerprint density at radius 1 is 1.25 bits per heavy atom. The van der Waals surface area contributed by atoms with Crippen molar-refractivity contribution in [2.45, 2.75) is 44.7 Å². The Labute approximate surface area is 123 Å². The van der Waals surface area contributed by atoms with Crippen LogP contribution in [0, 0.1) is 0 Å². The Hall–Kier alpha value is -1.06. The van der Waals surface area contributed by atoms with Crippen LogP contribution in [0.25, 0.3) is 0 Å². The largest absolute Gasteiger partial charge is 0.497 e. The maximum Gasteiger partial charge on any atom is 0.118 e. The molecule has 3 nitrogen and oxygen atoms in total. The summed E-state index contributed by atoms with van der Waals surface area (Å²) in [6, 6.07) is 9.76. The van der Waals surface area contributed by atoms with E-state index in [1.165, 1.54) is 31.4 Å². The van der Waals surface area contributed by atoms with E-state index >= 15 is 0 Å². The van der Waals surface area contributed by atoms with Gasteiger partial charge in [0.15, 0.2) is 0 Å². The quantitative estimate of drug-likeness (QED) is 0.895. The predicted octanol–water partition coefficient (Wildman–Crippen LogP) is 2.70. The molecule has 1 N–H and O–H groups in total. The first kappa shape index (κ1) is 15.3. The van der Waals surface area contributed by atoms with Crippen molar-refractivity contribution in [3.63, 3.8) is 0 Å². The smallest absolute Gasteiger partial charge is 0.118 e. The number of nitrogens with zero attached hydrogens (tertiary/aromatic N) is 1. The van der Waals surface area contributed by atoms with E-state index in [2.05, 4.69) is 48.5 Å². The van der Waals surface area contributed by atoms with Gasteiger partial charge in [0.05, 0.1) is 7.11 Å². The second kappa shape index (κ2) is 7.65. The van der Waals surface area contributed by atoms with Gasteiger partial charge in [-0.1, -0.05) is 12.1 Å². The highest BCUT2D eigenvalue weighted by molar-refractivity contribution is 5.27. The first-order chi connectivity index (χ1) is 9.70. The summed E-state index contributed by atoms with van der Waals surface area (Å²) in [5.74, 6) is 0.935. The van der Waals surface area contributed by atoms with Gasteiger partial charge in [0.25, 0.3) is 0 Å². The first-order valence-electron chi connectivity index (χ1n) is 7.76. The van der Waals surface area contributed by atoms with E-state index < -0.39 is 0 Å². The van der Waals surface area contributed by atoms with E-state index in [4.69, 9.17) is 4.74 Å². The van der Waals surface area contributed by atoms with Crippen LogP contribution in [-0.4, -0.2) is 44.2 Å². The van der Waals surface area contributed by atoms with Gasteiger partial charge in [-0.25, -0.2) is 0 Å². The van der Waals surface area contributed by atoms with E-state index in [1.807, 2.05) is 0 Å². The molecule has 112 valence electrons. The number of hydrogen-bond acceptors (Lipinski definition) is 3. The highest BCUT2D eigenvalue weighted by Gasteiger charge is 2.20. The minimum absolute atomic E-state index is 0.575. The molecule has 1 aliphatic rings. The predicted molar refractivity (Wildman–Crippen MR) is 84.4 cm³/mol. The number of methoxy groups -OCH3 is 1. The number of likely N-dealkylation sites (N-methyl/N-ethyl adjacent to an activating group) is 1. The van der Waals surface area contributed by atoms with Crippen LogP contribution in [0.3, 0.4) is 0 Å². The van der Waals surface area contributed by atoms with E-state index in [-0.39, 0.29) is 0 Å². The van der Waals surface area contributed by atoms with Gasteiger partial charge in [0.1, 0.15) is 5.75 Å². The highest BCUT2D eigenvalue weighted by atomic mass is 16.5. The molecule has 1 aromatic rings. The van der Waals surface area contributed by atoms with Crippen molar-refractivity contribution in [1.82, 2.24) is 10.2 Å². The molecule has 0 radical (unpaired) electrons. The third-order valence-electron chi connectivity index (χ3n) is 4.51. The minimum Gasteiger partial charge on any atom is -0.497 e. The molecule has 0 bridgehead atoms. The van der Waals surface area contributed by atoms with Gasteiger partial charge in [-0.15, -0.1) is 0 Å². The van der Waals surface area contributed by atoms with Crippen molar-refractivity contribution in [2.75, 3.05) is 27.2 Å². The lowest BCUT2D eigenvalue weighted by Crippen LogP contribution is -2.40. The summed E-state index contributed by atoms with van der Waals surface area (Å²) in [6.45, 7) is 4.67. The van der Waals surface area contributed by atoms with Crippen molar-refractivity contribution in [1.29, 1.82) is 0 Å². The van der Waals surface area contributed by atoms with Gasteiger partial charge >= 0.3 is 0 Å². The standard InChI is InChI=1S/C17H28N2O/c1-14(13-15-6-8-17(20-3)9-7-15)19(2)16-5-4-11-18-12-10-16/h6-9,14,16,18H,4-5,10-13H2,1-3H3. The lowest BCUT2D eigenvalue weighted by atomic mass is 10.0. The summed E-state index contributed by atoms with van der Waals surface area (Å²) in [6.07, 6.45) is 4.98. The summed E-state index contributed by atoms with van der Waals surface area (Å²) in [4.78, 5) is 2.57. The molecule has 2 unspecified atom stereocenters. The molecule has 0 saturated carbocycles. The summed E-state index contributed by atoms with van der Waals surface area (Å²) < 4.78 is 5.21. The van der Waals surface area contributed by atoms with Crippen LogP contribution in [0.2, 0.25) is 0 Å². The molecule has 1 aromatic carbocycles. The highest BCUT2D eigenvalue weighted by Crippen LogP contribution is 2.18. The average Bonchev–Trinajstić information content (AvgIpc) is 2.76.